The van der Waals surface area contributed by atoms with Gasteiger partial charge in [0.2, 0.25) is 0 Å². The molecule has 0 unspecified atom stereocenters. The van der Waals surface area contributed by atoms with E-state index >= 15 is 4.39 Å². The number of aryl methyl sites for hydroxylation is 2. The number of fused-ring (bicyclic) bond motifs is 1. The fourth-order valence-electron chi connectivity index (χ4n) is 5.11. The van der Waals surface area contributed by atoms with Crippen molar-refractivity contribution in [2.24, 2.45) is 5.92 Å². The summed E-state index contributed by atoms with van der Waals surface area (Å²) in [5.74, 6) is -2.80. The molecule has 3 aromatic rings. The van der Waals surface area contributed by atoms with Gasteiger partial charge in [0, 0.05) is 5.39 Å². The number of hydrogen-bond acceptors (Lipinski definition) is 0. The number of benzene rings is 3. The molecule has 0 atom stereocenters. The van der Waals surface area contributed by atoms with E-state index in [1.807, 2.05) is 12.1 Å². The second-order valence-corrected chi connectivity index (χ2v) is 9.25. The molecule has 3 aromatic carbocycles. The zero-order valence-electron chi connectivity index (χ0n) is 18.6. The predicted molar refractivity (Wildman–Crippen MR) is 122 cm³/mol. The topological polar surface area (TPSA) is 0 Å². The standard InChI is InChI=1S/C28H30F4/c1-2-3-4-18-5-8-20(9-6-18)22-13-14-24-23(17-22)12-11-21(27(24)31)10-7-19-15-25(29)28(32)26(30)16-19/h11-18,20H,2-10H2,1H3. The van der Waals surface area contributed by atoms with E-state index in [4.69, 9.17) is 0 Å². The molecule has 4 rings (SSSR count). The highest BCUT2D eigenvalue weighted by Crippen LogP contribution is 2.38. The summed E-state index contributed by atoms with van der Waals surface area (Å²) in [6.45, 7) is 2.24. The van der Waals surface area contributed by atoms with E-state index in [0.29, 0.717) is 22.4 Å². The van der Waals surface area contributed by atoms with Crippen molar-refractivity contribution in [2.75, 3.05) is 0 Å². The quantitative estimate of drug-likeness (QED) is 0.254. The molecule has 0 bridgehead atoms. The average molecular weight is 443 g/mol. The molecule has 32 heavy (non-hydrogen) atoms. The maximum atomic E-state index is 15.1. The third kappa shape index (κ3) is 5.00. The zero-order chi connectivity index (χ0) is 22.7. The van der Waals surface area contributed by atoms with Crippen molar-refractivity contribution in [2.45, 2.75) is 70.6 Å². The summed E-state index contributed by atoms with van der Waals surface area (Å²) < 4.78 is 55.1. The Morgan fingerprint density at radius 2 is 1.50 bits per heavy atom. The minimum absolute atomic E-state index is 0.232. The van der Waals surface area contributed by atoms with Gasteiger partial charge in [-0.3, -0.25) is 0 Å². The highest BCUT2D eigenvalue weighted by atomic mass is 19.2. The monoisotopic (exact) mass is 442 g/mol. The minimum Gasteiger partial charge on any atom is -0.206 e. The number of hydrogen-bond donors (Lipinski definition) is 0. The average Bonchev–Trinajstić information content (AvgIpc) is 2.81. The Labute approximate surface area is 187 Å². The molecule has 0 aliphatic heterocycles. The Balaban J connectivity index is 1.46. The number of unbranched alkanes of at least 4 members (excludes halogenated alkanes) is 1. The first-order valence-electron chi connectivity index (χ1n) is 11.8. The van der Waals surface area contributed by atoms with E-state index in [0.717, 1.165) is 23.4 Å². The van der Waals surface area contributed by atoms with Gasteiger partial charge in [-0.05, 0) is 84.6 Å². The SMILES string of the molecule is CCCCC1CCC(c2ccc3c(F)c(CCc4cc(F)c(F)c(F)c4)ccc3c2)CC1. The molecular weight excluding hydrogens is 412 g/mol. The molecule has 0 amide bonds. The van der Waals surface area contributed by atoms with Crippen LogP contribution in [0, 0.1) is 29.2 Å². The van der Waals surface area contributed by atoms with E-state index in [-0.39, 0.29) is 18.7 Å². The van der Waals surface area contributed by atoms with Gasteiger partial charge in [0.1, 0.15) is 5.82 Å². The van der Waals surface area contributed by atoms with E-state index in [1.54, 1.807) is 6.07 Å². The summed E-state index contributed by atoms with van der Waals surface area (Å²) in [4.78, 5) is 0. The summed E-state index contributed by atoms with van der Waals surface area (Å²) in [7, 11) is 0. The van der Waals surface area contributed by atoms with Crippen LogP contribution in [0.2, 0.25) is 0 Å². The molecule has 0 N–H and O–H groups in total. The molecule has 0 spiro atoms. The van der Waals surface area contributed by atoms with Crippen LogP contribution in [-0.2, 0) is 12.8 Å². The minimum atomic E-state index is -1.48. The van der Waals surface area contributed by atoms with Crippen LogP contribution in [0.1, 0.15) is 74.5 Å². The zero-order valence-corrected chi connectivity index (χ0v) is 18.6. The van der Waals surface area contributed by atoms with Crippen molar-refractivity contribution in [1.29, 1.82) is 0 Å². The summed E-state index contributed by atoms with van der Waals surface area (Å²) >= 11 is 0. The molecule has 0 aromatic heterocycles. The third-order valence-corrected chi connectivity index (χ3v) is 7.07. The van der Waals surface area contributed by atoms with Crippen LogP contribution in [0.15, 0.2) is 42.5 Å². The van der Waals surface area contributed by atoms with Gasteiger partial charge >= 0.3 is 0 Å². The lowest BCUT2D eigenvalue weighted by atomic mass is 9.77. The maximum absolute atomic E-state index is 15.1. The number of halogens is 4. The van der Waals surface area contributed by atoms with Crippen molar-refractivity contribution < 1.29 is 17.6 Å². The van der Waals surface area contributed by atoms with Gasteiger partial charge in [-0.15, -0.1) is 0 Å². The van der Waals surface area contributed by atoms with Gasteiger partial charge in [0.15, 0.2) is 17.5 Å². The molecule has 0 heterocycles. The van der Waals surface area contributed by atoms with Gasteiger partial charge in [-0.25, -0.2) is 17.6 Å². The molecule has 4 heteroatoms. The van der Waals surface area contributed by atoms with Gasteiger partial charge in [-0.1, -0.05) is 56.5 Å². The van der Waals surface area contributed by atoms with Crippen molar-refractivity contribution >= 4 is 10.8 Å². The maximum Gasteiger partial charge on any atom is 0.194 e. The molecule has 1 saturated carbocycles. The second-order valence-electron chi connectivity index (χ2n) is 9.25. The van der Waals surface area contributed by atoms with E-state index < -0.39 is 17.5 Å². The first-order valence-corrected chi connectivity index (χ1v) is 11.8. The Bertz CT molecular complexity index is 1060. The Hall–Kier alpha value is -2.36. The van der Waals surface area contributed by atoms with Crippen LogP contribution in [0.5, 0.6) is 0 Å². The second kappa shape index (κ2) is 10.1. The van der Waals surface area contributed by atoms with Gasteiger partial charge in [0.05, 0.1) is 0 Å². The molecule has 0 nitrogen and oxygen atoms in total. The lowest BCUT2D eigenvalue weighted by Crippen LogP contribution is -2.13. The van der Waals surface area contributed by atoms with Crippen LogP contribution in [0.4, 0.5) is 17.6 Å². The van der Waals surface area contributed by atoms with Crippen LogP contribution >= 0.6 is 0 Å². The van der Waals surface area contributed by atoms with Crippen LogP contribution < -0.4 is 0 Å². The van der Waals surface area contributed by atoms with E-state index in [9.17, 15) is 13.2 Å². The van der Waals surface area contributed by atoms with Gasteiger partial charge in [0.25, 0.3) is 0 Å². The molecular formula is C28H30F4. The normalized spacial score (nSPS) is 18.9. The summed E-state index contributed by atoms with van der Waals surface area (Å²) in [6, 6.07) is 11.7. The predicted octanol–water partition coefficient (Wildman–Crippen LogP) is 8.65. The fraction of sp³-hybridized carbons (Fsp3) is 0.429. The summed E-state index contributed by atoms with van der Waals surface area (Å²) in [5.41, 5.74) is 2.09. The largest absolute Gasteiger partial charge is 0.206 e. The molecule has 170 valence electrons. The molecule has 1 aliphatic rings. The molecule has 0 saturated heterocycles. The molecule has 1 aliphatic carbocycles. The first-order chi connectivity index (χ1) is 15.5. The lowest BCUT2D eigenvalue weighted by Gasteiger charge is -2.29. The highest BCUT2D eigenvalue weighted by molar-refractivity contribution is 5.84. The summed E-state index contributed by atoms with van der Waals surface area (Å²) in [5, 5.41) is 1.45. The van der Waals surface area contributed by atoms with Crippen LogP contribution in [0.3, 0.4) is 0 Å². The lowest BCUT2D eigenvalue weighted by molar-refractivity contribution is 0.304. The molecule has 0 radical (unpaired) electrons. The fourth-order valence-corrected chi connectivity index (χ4v) is 5.11. The van der Waals surface area contributed by atoms with Crippen molar-refractivity contribution in [3.8, 4) is 0 Å². The van der Waals surface area contributed by atoms with Crippen molar-refractivity contribution in [3.63, 3.8) is 0 Å². The van der Waals surface area contributed by atoms with Crippen molar-refractivity contribution in [3.05, 3.63) is 82.4 Å². The Morgan fingerprint density at radius 3 is 2.19 bits per heavy atom. The number of rotatable bonds is 7. The Morgan fingerprint density at radius 1 is 0.781 bits per heavy atom. The Kier molecular flexibility index (Phi) is 7.17. The summed E-state index contributed by atoms with van der Waals surface area (Å²) in [6.07, 6.45) is 9.39. The van der Waals surface area contributed by atoms with Gasteiger partial charge in [-0.2, -0.15) is 0 Å². The third-order valence-electron chi connectivity index (χ3n) is 7.07. The van der Waals surface area contributed by atoms with Gasteiger partial charge < -0.3 is 0 Å². The molecule has 1 fully saturated rings. The smallest absolute Gasteiger partial charge is 0.194 e. The van der Waals surface area contributed by atoms with Crippen molar-refractivity contribution in [1.82, 2.24) is 0 Å². The van der Waals surface area contributed by atoms with E-state index in [2.05, 4.69) is 19.1 Å². The van der Waals surface area contributed by atoms with Crippen LogP contribution in [0.25, 0.3) is 10.8 Å². The van der Waals surface area contributed by atoms with Crippen LogP contribution in [-0.4, -0.2) is 0 Å². The van der Waals surface area contributed by atoms with E-state index in [1.165, 1.54) is 50.5 Å². The highest BCUT2D eigenvalue weighted by Gasteiger charge is 2.22. The first kappa shape index (κ1) is 22.8.